The lowest BCUT2D eigenvalue weighted by molar-refractivity contribution is 0.467. The number of thioether (sulfide) groups is 1. The van der Waals surface area contributed by atoms with Gasteiger partial charge < -0.3 is 5.32 Å². The van der Waals surface area contributed by atoms with Crippen molar-refractivity contribution in [2.24, 2.45) is 0 Å². The van der Waals surface area contributed by atoms with E-state index in [1.165, 1.54) is 27.8 Å². The first kappa shape index (κ1) is 14.0. The second-order valence-electron chi connectivity index (χ2n) is 4.12. The molecule has 1 rings (SSSR count). The van der Waals surface area contributed by atoms with Gasteiger partial charge in [0.05, 0.1) is 10.7 Å². The number of aryl methyl sites for hydroxylation is 2. The van der Waals surface area contributed by atoms with Gasteiger partial charge in [0.25, 0.3) is 0 Å². The van der Waals surface area contributed by atoms with Crippen LogP contribution >= 0.6 is 23.1 Å². The normalized spacial score (nSPS) is 15.1. The second kappa shape index (κ2) is 6.62. The van der Waals surface area contributed by atoms with E-state index in [-0.39, 0.29) is 0 Å². The lowest BCUT2D eigenvalue weighted by atomic mass is 10.1. The molecule has 0 aliphatic heterocycles. The Kier molecular flexibility index (Phi) is 5.79. The van der Waals surface area contributed by atoms with Crippen molar-refractivity contribution in [1.82, 2.24) is 10.3 Å². The third kappa shape index (κ3) is 3.75. The number of hydrogen-bond acceptors (Lipinski definition) is 4. The molecule has 0 aliphatic rings. The molecule has 1 aromatic rings. The molecule has 0 amide bonds. The van der Waals surface area contributed by atoms with E-state index >= 15 is 0 Å². The molecule has 1 heterocycles. The minimum absolute atomic E-state index is 0.363. The molecular formula is C12H22N2S2. The molecule has 0 bridgehead atoms. The van der Waals surface area contributed by atoms with Crippen molar-refractivity contribution < 1.29 is 0 Å². The molecule has 2 unspecified atom stereocenters. The summed E-state index contributed by atoms with van der Waals surface area (Å²) >= 11 is 3.69. The van der Waals surface area contributed by atoms with Crippen LogP contribution in [0.25, 0.3) is 0 Å². The first-order valence-corrected chi connectivity index (χ1v) is 7.98. The summed E-state index contributed by atoms with van der Waals surface area (Å²) in [5.41, 5.74) is 1.22. The smallest absolute Gasteiger partial charge is 0.0900 e. The molecule has 0 fully saturated rings. The van der Waals surface area contributed by atoms with E-state index in [1.54, 1.807) is 11.3 Å². The number of nitrogens with zero attached hydrogens (tertiary/aromatic N) is 1. The van der Waals surface area contributed by atoms with Gasteiger partial charge in [-0.2, -0.15) is 11.8 Å². The van der Waals surface area contributed by atoms with Crippen LogP contribution in [0, 0.1) is 13.8 Å². The summed E-state index contributed by atoms with van der Waals surface area (Å²) in [6.07, 6.45) is 3.33. The largest absolute Gasteiger partial charge is 0.305 e. The number of rotatable bonds is 6. The van der Waals surface area contributed by atoms with Gasteiger partial charge >= 0.3 is 0 Å². The molecule has 16 heavy (non-hydrogen) atoms. The molecule has 0 aromatic carbocycles. The van der Waals surface area contributed by atoms with E-state index in [9.17, 15) is 0 Å². The molecule has 92 valence electrons. The summed E-state index contributed by atoms with van der Waals surface area (Å²) in [4.78, 5) is 5.95. The van der Waals surface area contributed by atoms with Crippen LogP contribution in [0.15, 0.2) is 0 Å². The molecule has 0 saturated carbocycles. The van der Waals surface area contributed by atoms with Gasteiger partial charge in [0, 0.05) is 22.7 Å². The van der Waals surface area contributed by atoms with E-state index in [1.807, 2.05) is 11.8 Å². The van der Waals surface area contributed by atoms with E-state index < -0.39 is 0 Å². The summed E-state index contributed by atoms with van der Waals surface area (Å²) in [6, 6.07) is 0.952. The second-order valence-corrected chi connectivity index (χ2v) is 6.44. The highest BCUT2D eigenvalue weighted by Crippen LogP contribution is 2.23. The minimum Gasteiger partial charge on any atom is -0.305 e. The highest BCUT2D eigenvalue weighted by atomic mass is 32.2. The van der Waals surface area contributed by atoms with E-state index in [2.05, 4.69) is 44.3 Å². The Morgan fingerprint density at radius 3 is 2.56 bits per heavy atom. The Labute approximate surface area is 107 Å². The van der Waals surface area contributed by atoms with Gasteiger partial charge in [-0.25, -0.2) is 4.98 Å². The number of hydrogen-bond donors (Lipinski definition) is 1. The van der Waals surface area contributed by atoms with Gasteiger partial charge in [-0.3, -0.25) is 0 Å². The average molecular weight is 258 g/mol. The maximum Gasteiger partial charge on any atom is 0.0900 e. The quantitative estimate of drug-likeness (QED) is 0.844. The Hall–Kier alpha value is -0.0600. The van der Waals surface area contributed by atoms with E-state index in [0.29, 0.717) is 12.1 Å². The maximum atomic E-state index is 4.61. The minimum atomic E-state index is 0.363. The van der Waals surface area contributed by atoms with E-state index in [4.69, 9.17) is 0 Å². The Balaban J connectivity index is 2.63. The lowest BCUT2D eigenvalue weighted by Gasteiger charge is -2.21. The third-order valence-electron chi connectivity index (χ3n) is 2.70. The standard InChI is InChI=1S/C12H22N2S2/c1-6-11(7-15-5)13-8(2)12-9(3)16-10(4)14-12/h8,11,13H,6-7H2,1-5H3. The zero-order valence-corrected chi connectivity index (χ0v) is 12.5. The zero-order valence-electron chi connectivity index (χ0n) is 10.8. The fourth-order valence-electron chi connectivity index (χ4n) is 1.86. The molecule has 0 radical (unpaired) electrons. The molecule has 4 heteroatoms. The van der Waals surface area contributed by atoms with Gasteiger partial charge in [0.2, 0.25) is 0 Å². The predicted octanol–water partition coefficient (Wildman–Crippen LogP) is 3.55. The summed E-state index contributed by atoms with van der Waals surface area (Å²) < 4.78 is 0. The van der Waals surface area contributed by atoms with Crippen LogP contribution in [-0.4, -0.2) is 23.0 Å². The van der Waals surface area contributed by atoms with Gasteiger partial charge in [-0.1, -0.05) is 6.92 Å². The van der Waals surface area contributed by atoms with Gasteiger partial charge in [0.15, 0.2) is 0 Å². The van der Waals surface area contributed by atoms with Gasteiger partial charge in [0.1, 0.15) is 0 Å². The van der Waals surface area contributed by atoms with Crippen molar-refractivity contribution in [3.05, 3.63) is 15.6 Å². The Morgan fingerprint density at radius 2 is 2.12 bits per heavy atom. The number of thiazole rings is 1. The van der Waals surface area contributed by atoms with Crippen molar-refractivity contribution in [3.8, 4) is 0 Å². The molecule has 0 saturated heterocycles. The molecule has 2 nitrogen and oxygen atoms in total. The van der Waals surface area contributed by atoms with Gasteiger partial charge in [-0.15, -0.1) is 11.3 Å². The maximum absolute atomic E-state index is 4.61. The topological polar surface area (TPSA) is 24.9 Å². The zero-order chi connectivity index (χ0) is 12.1. The van der Waals surface area contributed by atoms with Crippen molar-refractivity contribution in [2.75, 3.05) is 12.0 Å². The summed E-state index contributed by atoms with van der Waals surface area (Å²) in [7, 11) is 0. The van der Waals surface area contributed by atoms with Crippen LogP contribution < -0.4 is 5.32 Å². The summed E-state index contributed by atoms with van der Waals surface area (Å²) in [5, 5.41) is 4.83. The Morgan fingerprint density at radius 1 is 1.44 bits per heavy atom. The SMILES string of the molecule is CCC(CSC)NC(C)c1nc(C)sc1C. The average Bonchev–Trinajstić information content (AvgIpc) is 2.57. The fraction of sp³-hybridized carbons (Fsp3) is 0.750. The number of aromatic nitrogens is 1. The molecular weight excluding hydrogens is 236 g/mol. The highest BCUT2D eigenvalue weighted by Gasteiger charge is 2.16. The van der Waals surface area contributed by atoms with Crippen molar-refractivity contribution in [2.45, 2.75) is 46.2 Å². The first-order chi connectivity index (χ1) is 7.58. The fourth-order valence-corrected chi connectivity index (χ4v) is 3.51. The van der Waals surface area contributed by atoms with Crippen LogP contribution in [0.4, 0.5) is 0 Å². The Bertz CT molecular complexity index is 323. The van der Waals surface area contributed by atoms with Crippen LogP contribution in [-0.2, 0) is 0 Å². The van der Waals surface area contributed by atoms with Crippen LogP contribution in [0.1, 0.15) is 41.9 Å². The molecule has 1 aromatic heterocycles. The first-order valence-electron chi connectivity index (χ1n) is 5.77. The van der Waals surface area contributed by atoms with Crippen LogP contribution in [0.3, 0.4) is 0 Å². The highest BCUT2D eigenvalue weighted by molar-refractivity contribution is 7.98. The van der Waals surface area contributed by atoms with Crippen molar-refractivity contribution in [1.29, 1.82) is 0 Å². The summed E-state index contributed by atoms with van der Waals surface area (Å²) in [6.45, 7) is 8.69. The van der Waals surface area contributed by atoms with Crippen molar-refractivity contribution >= 4 is 23.1 Å². The lowest BCUT2D eigenvalue weighted by Crippen LogP contribution is -2.33. The monoisotopic (exact) mass is 258 g/mol. The van der Waals surface area contributed by atoms with Crippen LogP contribution in [0.2, 0.25) is 0 Å². The molecule has 0 spiro atoms. The molecule has 1 N–H and O–H groups in total. The molecule has 0 aliphatic carbocycles. The third-order valence-corrected chi connectivity index (χ3v) is 4.33. The van der Waals surface area contributed by atoms with Crippen LogP contribution in [0.5, 0.6) is 0 Å². The number of nitrogens with one attached hydrogen (secondary N) is 1. The van der Waals surface area contributed by atoms with E-state index in [0.717, 1.165) is 0 Å². The van der Waals surface area contributed by atoms with Crippen molar-refractivity contribution in [3.63, 3.8) is 0 Å². The van der Waals surface area contributed by atoms with Gasteiger partial charge in [-0.05, 0) is 33.4 Å². The molecule has 2 atom stereocenters. The summed E-state index contributed by atoms with van der Waals surface area (Å²) in [5.74, 6) is 1.17. The predicted molar refractivity (Wildman–Crippen MR) is 75.6 cm³/mol.